The number of rotatable bonds is 6. The predicted octanol–water partition coefficient (Wildman–Crippen LogP) is -0.0491. The van der Waals surface area contributed by atoms with Crippen molar-refractivity contribution in [3.05, 3.63) is 0 Å². The molecular weight excluding hydrogens is 198 g/mol. The molecule has 0 N–H and O–H groups in total. The van der Waals surface area contributed by atoms with E-state index >= 15 is 0 Å². The minimum atomic E-state index is -0.182. The Morgan fingerprint density at radius 1 is 1.00 bits per heavy atom. The molecule has 0 saturated carbocycles. The maximum absolute atomic E-state index is 5.35. The second kappa shape index (κ2) is 6.40. The van der Waals surface area contributed by atoms with E-state index in [9.17, 15) is 0 Å². The molecule has 5 heteroatoms. The first-order valence-electron chi connectivity index (χ1n) is 5.08. The van der Waals surface area contributed by atoms with E-state index in [1.54, 1.807) is 28.4 Å². The molecule has 0 spiro atoms. The highest BCUT2D eigenvalue weighted by Gasteiger charge is 2.33. The molecule has 1 aliphatic rings. The van der Waals surface area contributed by atoms with E-state index in [2.05, 4.69) is 4.90 Å². The van der Waals surface area contributed by atoms with Crippen molar-refractivity contribution in [1.82, 2.24) is 4.90 Å². The molecule has 0 bridgehead atoms. The predicted molar refractivity (Wildman–Crippen MR) is 55.8 cm³/mol. The number of hydrogen-bond donors (Lipinski definition) is 0. The maximum atomic E-state index is 5.35. The summed E-state index contributed by atoms with van der Waals surface area (Å²) in [7, 11) is 6.71. The van der Waals surface area contributed by atoms with Crippen LogP contribution in [0.1, 0.15) is 0 Å². The van der Waals surface area contributed by atoms with Crippen LogP contribution in [0.4, 0.5) is 0 Å². The van der Waals surface area contributed by atoms with Gasteiger partial charge in [-0.15, -0.1) is 0 Å². The van der Waals surface area contributed by atoms with Crippen molar-refractivity contribution >= 4 is 0 Å². The topological polar surface area (TPSA) is 40.2 Å². The average Bonchev–Trinajstić information content (AvgIpc) is 2.68. The van der Waals surface area contributed by atoms with Gasteiger partial charge in [-0.3, -0.25) is 4.90 Å². The smallest absolute Gasteiger partial charge is 0.169 e. The standard InChI is InChI=1S/C10H21NO4/c1-12-8-5-11(6-9(8)13-2)7-10(14-3)15-4/h8-10H,5-7H2,1-4H3. The second-order valence-corrected chi connectivity index (χ2v) is 3.67. The highest BCUT2D eigenvalue weighted by Crippen LogP contribution is 2.16. The molecule has 0 aliphatic carbocycles. The fraction of sp³-hybridized carbons (Fsp3) is 1.00. The Balaban J connectivity index is 2.39. The largest absolute Gasteiger partial charge is 0.377 e. The van der Waals surface area contributed by atoms with Crippen LogP contribution in [0.3, 0.4) is 0 Å². The highest BCUT2D eigenvalue weighted by molar-refractivity contribution is 4.85. The Kier molecular flexibility index (Phi) is 5.49. The summed E-state index contributed by atoms with van der Waals surface area (Å²) < 4.78 is 21.0. The Morgan fingerprint density at radius 2 is 1.47 bits per heavy atom. The van der Waals surface area contributed by atoms with Crippen molar-refractivity contribution in [1.29, 1.82) is 0 Å². The third-order valence-corrected chi connectivity index (χ3v) is 2.83. The van der Waals surface area contributed by atoms with Crippen LogP contribution >= 0.6 is 0 Å². The van der Waals surface area contributed by atoms with Gasteiger partial charge >= 0.3 is 0 Å². The van der Waals surface area contributed by atoms with E-state index in [1.807, 2.05) is 0 Å². The first kappa shape index (κ1) is 12.9. The monoisotopic (exact) mass is 219 g/mol. The van der Waals surface area contributed by atoms with Crippen LogP contribution in [0, 0.1) is 0 Å². The van der Waals surface area contributed by atoms with E-state index < -0.39 is 0 Å². The summed E-state index contributed by atoms with van der Waals surface area (Å²) in [5.41, 5.74) is 0. The summed E-state index contributed by atoms with van der Waals surface area (Å²) >= 11 is 0. The van der Waals surface area contributed by atoms with Crippen LogP contribution in [0.5, 0.6) is 0 Å². The summed E-state index contributed by atoms with van der Waals surface area (Å²) in [6.07, 6.45) is 0.104. The molecule has 15 heavy (non-hydrogen) atoms. The van der Waals surface area contributed by atoms with Gasteiger partial charge in [-0.05, 0) is 0 Å². The van der Waals surface area contributed by atoms with Gasteiger partial charge in [0.15, 0.2) is 6.29 Å². The average molecular weight is 219 g/mol. The van der Waals surface area contributed by atoms with E-state index in [0.29, 0.717) is 0 Å². The van der Waals surface area contributed by atoms with Gasteiger partial charge in [0.1, 0.15) is 0 Å². The molecular formula is C10H21NO4. The van der Waals surface area contributed by atoms with E-state index in [1.165, 1.54) is 0 Å². The number of ether oxygens (including phenoxy) is 4. The third-order valence-electron chi connectivity index (χ3n) is 2.83. The van der Waals surface area contributed by atoms with Crippen molar-refractivity contribution in [3.63, 3.8) is 0 Å². The van der Waals surface area contributed by atoms with Crippen molar-refractivity contribution in [2.24, 2.45) is 0 Å². The number of methoxy groups -OCH3 is 4. The van der Waals surface area contributed by atoms with Gasteiger partial charge in [0.2, 0.25) is 0 Å². The normalized spacial score (nSPS) is 27.8. The molecule has 5 nitrogen and oxygen atoms in total. The lowest BCUT2D eigenvalue weighted by Gasteiger charge is -2.20. The SMILES string of the molecule is COC(CN1CC(OC)C(OC)C1)OC. The fourth-order valence-electron chi connectivity index (χ4n) is 1.88. The zero-order valence-corrected chi connectivity index (χ0v) is 9.93. The quantitative estimate of drug-likeness (QED) is 0.586. The number of likely N-dealkylation sites (tertiary alicyclic amines) is 1. The summed E-state index contributed by atoms with van der Waals surface area (Å²) in [5, 5.41) is 0. The summed E-state index contributed by atoms with van der Waals surface area (Å²) in [5.74, 6) is 0. The van der Waals surface area contributed by atoms with Gasteiger partial charge < -0.3 is 18.9 Å². The first-order valence-corrected chi connectivity index (χ1v) is 5.08. The van der Waals surface area contributed by atoms with E-state index in [-0.39, 0.29) is 18.5 Å². The van der Waals surface area contributed by atoms with Gasteiger partial charge in [-0.2, -0.15) is 0 Å². The second-order valence-electron chi connectivity index (χ2n) is 3.67. The van der Waals surface area contributed by atoms with Crippen molar-refractivity contribution < 1.29 is 18.9 Å². The first-order chi connectivity index (χ1) is 7.24. The van der Waals surface area contributed by atoms with E-state index in [4.69, 9.17) is 18.9 Å². The van der Waals surface area contributed by atoms with Crippen LogP contribution in [-0.4, -0.2) is 71.5 Å². The molecule has 1 fully saturated rings. The van der Waals surface area contributed by atoms with Crippen LogP contribution in [-0.2, 0) is 18.9 Å². The van der Waals surface area contributed by atoms with Gasteiger partial charge in [-0.25, -0.2) is 0 Å². The Morgan fingerprint density at radius 3 is 1.80 bits per heavy atom. The van der Waals surface area contributed by atoms with Crippen LogP contribution in [0.2, 0.25) is 0 Å². The van der Waals surface area contributed by atoms with Crippen molar-refractivity contribution in [2.75, 3.05) is 48.1 Å². The molecule has 0 amide bonds. The number of hydrogen-bond acceptors (Lipinski definition) is 5. The van der Waals surface area contributed by atoms with E-state index in [0.717, 1.165) is 19.6 Å². The van der Waals surface area contributed by atoms with Gasteiger partial charge in [0.05, 0.1) is 12.2 Å². The lowest BCUT2D eigenvalue weighted by molar-refractivity contribution is -0.115. The number of nitrogens with zero attached hydrogens (tertiary/aromatic N) is 1. The maximum Gasteiger partial charge on any atom is 0.169 e. The molecule has 1 saturated heterocycles. The third kappa shape index (κ3) is 3.39. The lowest BCUT2D eigenvalue weighted by atomic mass is 10.3. The Labute approximate surface area is 91.2 Å². The zero-order valence-electron chi connectivity index (χ0n) is 9.93. The van der Waals surface area contributed by atoms with Crippen molar-refractivity contribution in [3.8, 4) is 0 Å². The molecule has 90 valence electrons. The molecule has 1 heterocycles. The lowest BCUT2D eigenvalue weighted by Crippen LogP contribution is -2.33. The van der Waals surface area contributed by atoms with Gasteiger partial charge in [0.25, 0.3) is 0 Å². The molecule has 0 radical (unpaired) electrons. The summed E-state index contributed by atoms with van der Waals surface area (Å²) in [6, 6.07) is 0. The van der Waals surface area contributed by atoms with Gasteiger partial charge in [0, 0.05) is 48.1 Å². The summed E-state index contributed by atoms with van der Waals surface area (Å²) in [6.45, 7) is 2.46. The van der Waals surface area contributed by atoms with Crippen molar-refractivity contribution in [2.45, 2.75) is 18.5 Å². The molecule has 1 aliphatic heterocycles. The zero-order chi connectivity index (χ0) is 11.3. The van der Waals surface area contributed by atoms with Gasteiger partial charge in [-0.1, -0.05) is 0 Å². The molecule has 2 atom stereocenters. The molecule has 0 aromatic rings. The van der Waals surface area contributed by atoms with Crippen LogP contribution < -0.4 is 0 Å². The molecule has 1 rings (SSSR count). The minimum absolute atomic E-state index is 0.143. The molecule has 0 aromatic carbocycles. The minimum Gasteiger partial charge on any atom is -0.377 e. The molecule has 2 unspecified atom stereocenters. The Bertz CT molecular complexity index is 163. The molecule has 0 aromatic heterocycles. The highest BCUT2D eigenvalue weighted by atomic mass is 16.7. The fourth-order valence-corrected chi connectivity index (χ4v) is 1.88. The Hall–Kier alpha value is -0.200. The van der Waals surface area contributed by atoms with Crippen LogP contribution in [0.25, 0.3) is 0 Å². The summed E-state index contributed by atoms with van der Waals surface area (Å²) in [4.78, 5) is 2.22. The van der Waals surface area contributed by atoms with Crippen LogP contribution in [0.15, 0.2) is 0 Å².